The van der Waals surface area contributed by atoms with Crippen LogP contribution in [0.5, 0.6) is 0 Å². The van der Waals surface area contributed by atoms with Crippen molar-refractivity contribution in [2.45, 2.75) is 33.1 Å². The minimum absolute atomic E-state index is 0.0845. The van der Waals surface area contributed by atoms with E-state index in [1.54, 1.807) is 18.2 Å². The minimum Gasteiger partial charge on any atom is -0.343 e. The summed E-state index contributed by atoms with van der Waals surface area (Å²) in [6, 6.07) is 5.15. The molecule has 0 unspecified atom stereocenters. The molecule has 0 saturated carbocycles. The highest BCUT2D eigenvalue weighted by molar-refractivity contribution is 6.44. The summed E-state index contributed by atoms with van der Waals surface area (Å²) in [5.74, 6) is 0.605. The van der Waals surface area contributed by atoms with E-state index >= 15 is 0 Å². The summed E-state index contributed by atoms with van der Waals surface area (Å²) in [6.45, 7) is 5.58. The van der Waals surface area contributed by atoms with Gasteiger partial charge < -0.3 is 9.80 Å². The lowest BCUT2D eigenvalue weighted by Crippen LogP contribution is -2.40. The smallest absolute Gasteiger partial charge is 0.224 e. The summed E-state index contributed by atoms with van der Waals surface area (Å²) in [6.07, 6.45) is 2.38. The van der Waals surface area contributed by atoms with Crippen LogP contribution in [0.2, 0.25) is 10.0 Å². The van der Waals surface area contributed by atoms with E-state index in [2.05, 4.69) is 6.92 Å². The fourth-order valence-electron chi connectivity index (χ4n) is 2.77. The molecule has 0 N–H and O–H groups in total. The number of piperidine rings is 1. The molecule has 1 saturated heterocycles. The molecular weight excluding hydrogens is 335 g/mol. The van der Waals surface area contributed by atoms with Crippen LogP contribution in [-0.4, -0.2) is 36.3 Å². The van der Waals surface area contributed by atoms with Gasteiger partial charge in [-0.05, 0) is 30.9 Å². The van der Waals surface area contributed by atoms with Gasteiger partial charge in [-0.3, -0.25) is 9.59 Å². The first kappa shape index (κ1) is 18.1. The third-order valence-electron chi connectivity index (χ3n) is 4.29. The normalized spacial score (nSPS) is 15.6. The maximum atomic E-state index is 12.3. The Morgan fingerprint density at radius 2 is 1.91 bits per heavy atom. The monoisotopic (exact) mass is 356 g/mol. The molecule has 1 aliphatic heterocycles. The second kappa shape index (κ2) is 8.02. The number of likely N-dealkylation sites (tertiary alicyclic amines) is 1. The summed E-state index contributed by atoms with van der Waals surface area (Å²) in [4.78, 5) is 27.7. The number of rotatable bonds is 4. The molecule has 1 heterocycles. The molecule has 0 spiro atoms. The second-order valence-electron chi connectivity index (χ2n) is 6.06. The zero-order valence-electron chi connectivity index (χ0n) is 13.5. The quantitative estimate of drug-likeness (QED) is 0.817. The molecule has 0 radical (unpaired) electrons. The third-order valence-corrected chi connectivity index (χ3v) is 5.10. The van der Waals surface area contributed by atoms with Crippen LogP contribution in [0.4, 0.5) is 5.69 Å². The lowest BCUT2D eigenvalue weighted by atomic mass is 9.99. The molecule has 0 bridgehead atoms. The van der Waals surface area contributed by atoms with E-state index in [-0.39, 0.29) is 18.2 Å². The summed E-state index contributed by atoms with van der Waals surface area (Å²) in [7, 11) is 0. The van der Waals surface area contributed by atoms with Crippen molar-refractivity contribution in [2.75, 3.05) is 24.5 Å². The molecule has 0 aromatic heterocycles. The van der Waals surface area contributed by atoms with Crippen molar-refractivity contribution in [2.24, 2.45) is 5.92 Å². The SMILES string of the molecule is CC(=O)N(CCC(=O)N1CCC(C)CC1)c1cccc(Cl)c1Cl. The van der Waals surface area contributed by atoms with E-state index in [4.69, 9.17) is 23.2 Å². The molecule has 2 amide bonds. The molecule has 2 rings (SSSR count). The third kappa shape index (κ3) is 4.61. The topological polar surface area (TPSA) is 40.6 Å². The van der Waals surface area contributed by atoms with Gasteiger partial charge in [0.15, 0.2) is 0 Å². The summed E-state index contributed by atoms with van der Waals surface area (Å²) >= 11 is 12.2. The second-order valence-corrected chi connectivity index (χ2v) is 6.84. The van der Waals surface area contributed by atoms with Crippen molar-refractivity contribution in [1.82, 2.24) is 4.90 Å². The molecule has 0 aliphatic carbocycles. The number of anilines is 1. The van der Waals surface area contributed by atoms with Crippen LogP contribution in [0.3, 0.4) is 0 Å². The van der Waals surface area contributed by atoms with Crippen LogP contribution in [0.25, 0.3) is 0 Å². The van der Waals surface area contributed by atoms with Crippen LogP contribution < -0.4 is 4.90 Å². The molecule has 1 aromatic rings. The summed E-state index contributed by atoms with van der Waals surface area (Å²) in [5, 5.41) is 0.732. The zero-order valence-corrected chi connectivity index (χ0v) is 15.0. The molecule has 1 aliphatic rings. The Kier molecular flexibility index (Phi) is 6.31. The largest absolute Gasteiger partial charge is 0.343 e. The van der Waals surface area contributed by atoms with Crippen LogP contribution in [0, 0.1) is 5.92 Å². The number of hydrogen-bond acceptors (Lipinski definition) is 2. The Morgan fingerprint density at radius 1 is 1.26 bits per heavy atom. The van der Waals surface area contributed by atoms with Crippen molar-refractivity contribution in [3.63, 3.8) is 0 Å². The molecule has 4 nitrogen and oxygen atoms in total. The Labute approximate surface area is 147 Å². The Hall–Kier alpha value is -1.26. The Morgan fingerprint density at radius 3 is 2.52 bits per heavy atom. The average molecular weight is 357 g/mol. The van der Waals surface area contributed by atoms with Crippen LogP contribution in [-0.2, 0) is 9.59 Å². The highest BCUT2D eigenvalue weighted by Gasteiger charge is 2.22. The molecule has 1 aromatic carbocycles. The zero-order chi connectivity index (χ0) is 17.0. The van der Waals surface area contributed by atoms with Gasteiger partial charge in [-0.1, -0.05) is 36.2 Å². The Balaban J connectivity index is 2.02. The molecule has 126 valence electrons. The first-order valence-corrected chi connectivity index (χ1v) is 8.65. The van der Waals surface area contributed by atoms with Gasteiger partial charge in [0.1, 0.15) is 0 Å². The van der Waals surface area contributed by atoms with Gasteiger partial charge in [0.2, 0.25) is 11.8 Å². The molecule has 6 heteroatoms. The van der Waals surface area contributed by atoms with Crippen molar-refractivity contribution < 1.29 is 9.59 Å². The van der Waals surface area contributed by atoms with Crippen molar-refractivity contribution >= 4 is 40.7 Å². The predicted molar refractivity (Wildman–Crippen MR) is 94.1 cm³/mol. The van der Waals surface area contributed by atoms with Crippen LogP contribution >= 0.6 is 23.2 Å². The van der Waals surface area contributed by atoms with Crippen molar-refractivity contribution in [1.29, 1.82) is 0 Å². The van der Waals surface area contributed by atoms with Gasteiger partial charge in [-0.2, -0.15) is 0 Å². The standard InChI is InChI=1S/C17H22Cl2N2O2/c1-12-6-9-20(10-7-12)16(23)8-11-21(13(2)22)15-5-3-4-14(18)17(15)19/h3-5,12H,6-11H2,1-2H3. The number of halogens is 2. The molecular formula is C17H22Cl2N2O2. The van der Waals surface area contributed by atoms with E-state index in [1.807, 2.05) is 4.90 Å². The number of carbonyl (C=O) groups is 2. The lowest BCUT2D eigenvalue weighted by Gasteiger charge is -2.31. The number of carbonyl (C=O) groups excluding carboxylic acids is 2. The maximum Gasteiger partial charge on any atom is 0.224 e. The average Bonchev–Trinajstić information content (AvgIpc) is 2.51. The lowest BCUT2D eigenvalue weighted by molar-refractivity contribution is -0.132. The van der Waals surface area contributed by atoms with Gasteiger partial charge in [0, 0.05) is 33.0 Å². The number of hydrogen-bond donors (Lipinski definition) is 0. The number of amides is 2. The fourth-order valence-corrected chi connectivity index (χ4v) is 3.17. The van der Waals surface area contributed by atoms with E-state index in [0.717, 1.165) is 25.9 Å². The number of nitrogens with zero attached hydrogens (tertiary/aromatic N) is 2. The minimum atomic E-state index is -0.158. The molecule has 23 heavy (non-hydrogen) atoms. The van der Waals surface area contributed by atoms with E-state index in [1.165, 1.54) is 11.8 Å². The first-order chi connectivity index (χ1) is 10.9. The highest BCUT2D eigenvalue weighted by Crippen LogP contribution is 2.32. The van der Waals surface area contributed by atoms with E-state index in [9.17, 15) is 9.59 Å². The summed E-state index contributed by atoms with van der Waals surface area (Å²) in [5.41, 5.74) is 0.548. The molecule has 1 fully saturated rings. The van der Waals surface area contributed by atoms with Gasteiger partial charge in [-0.25, -0.2) is 0 Å². The van der Waals surface area contributed by atoms with Gasteiger partial charge in [-0.15, -0.1) is 0 Å². The fraction of sp³-hybridized carbons (Fsp3) is 0.529. The van der Waals surface area contributed by atoms with Gasteiger partial charge in [0.05, 0.1) is 15.7 Å². The maximum absolute atomic E-state index is 12.3. The summed E-state index contributed by atoms with van der Waals surface area (Å²) < 4.78 is 0. The molecule has 0 atom stereocenters. The van der Waals surface area contributed by atoms with Crippen molar-refractivity contribution in [3.8, 4) is 0 Å². The Bertz CT molecular complexity index is 584. The van der Waals surface area contributed by atoms with Crippen LogP contribution in [0.1, 0.15) is 33.1 Å². The van der Waals surface area contributed by atoms with Crippen molar-refractivity contribution in [3.05, 3.63) is 28.2 Å². The van der Waals surface area contributed by atoms with E-state index in [0.29, 0.717) is 28.2 Å². The van der Waals surface area contributed by atoms with E-state index < -0.39 is 0 Å². The van der Waals surface area contributed by atoms with Gasteiger partial charge in [0.25, 0.3) is 0 Å². The van der Waals surface area contributed by atoms with Gasteiger partial charge >= 0.3 is 0 Å². The predicted octanol–water partition coefficient (Wildman–Crippen LogP) is 3.99. The number of benzene rings is 1. The van der Waals surface area contributed by atoms with Crippen LogP contribution in [0.15, 0.2) is 18.2 Å². The first-order valence-electron chi connectivity index (χ1n) is 7.90. The highest BCUT2D eigenvalue weighted by atomic mass is 35.5.